The zero-order valence-electron chi connectivity index (χ0n) is 12.2. The molecule has 0 unspecified atom stereocenters. The van der Waals surface area contributed by atoms with Gasteiger partial charge in [0.05, 0.1) is 6.10 Å². The third-order valence-corrected chi connectivity index (χ3v) is 3.60. The van der Waals surface area contributed by atoms with Gasteiger partial charge in [-0.25, -0.2) is 0 Å². The first-order chi connectivity index (χ1) is 9.49. The van der Waals surface area contributed by atoms with E-state index >= 15 is 0 Å². The molecule has 0 heterocycles. The predicted molar refractivity (Wildman–Crippen MR) is 77.5 cm³/mol. The second kappa shape index (κ2) is 6.27. The summed E-state index contributed by atoms with van der Waals surface area (Å²) in [6, 6.07) is 7.64. The molecule has 110 valence electrons. The predicted octanol–water partition coefficient (Wildman–Crippen LogP) is 2.40. The average Bonchev–Trinajstić information content (AvgIpc) is 2.85. The van der Waals surface area contributed by atoms with Crippen molar-refractivity contribution in [3.8, 4) is 5.75 Å². The van der Waals surface area contributed by atoms with Crippen molar-refractivity contribution in [3.63, 3.8) is 0 Å². The molecule has 0 bridgehead atoms. The van der Waals surface area contributed by atoms with E-state index in [0.717, 1.165) is 24.2 Å². The fourth-order valence-corrected chi connectivity index (χ4v) is 2.49. The summed E-state index contributed by atoms with van der Waals surface area (Å²) in [5.74, 6) is 0.571. The topological polar surface area (TPSA) is 58.6 Å². The molecule has 2 rings (SSSR count). The Morgan fingerprint density at radius 1 is 1.30 bits per heavy atom. The highest BCUT2D eigenvalue weighted by Crippen LogP contribution is 2.29. The first kappa shape index (κ1) is 14.9. The molecule has 1 saturated carbocycles. The van der Waals surface area contributed by atoms with Crippen LogP contribution in [0.1, 0.15) is 45.1 Å². The third kappa shape index (κ3) is 3.73. The minimum absolute atomic E-state index is 0.150. The van der Waals surface area contributed by atoms with Crippen LogP contribution in [0.15, 0.2) is 24.3 Å². The molecule has 0 saturated heterocycles. The highest BCUT2D eigenvalue weighted by Gasteiger charge is 2.38. The van der Waals surface area contributed by atoms with Gasteiger partial charge in [0.2, 0.25) is 0 Å². The van der Waals surface area contributed by atoms with E-state index in [1.807, 2.05) is 38.1 Å². The first-order valence-corrected chi connectivity index (χ1v) is 7.26. The second-order valence-corrected chi connectivity index (χ2v) is 5.73. The highest BCUT2D eigenvalue weighted by atomic mass is 16.5. The molecule has 1 fully saturated rings. The van der Waals surface area contributed by atoms with Crippen molar-refractivity contribution in [3.05, 3.63) is 29.8 Å². The van der Waals surface area contributed by atoms with Crippen LogP contribution in [0.2, 0.25) is 0 Å². The van der Waals surface area contributed by atoms with Crippen LogP contribution in [-0.4, -0.2) is 22.7 Å². The summed E-state index contributed by atoms with van der Waals surface area (Å²) in [4.78, 5) is 12.0. The van der Waals surface area contributed by atoms with Crippen LogP contribution in [0, 0.1) is 0 Å². The monoisotopic (exact) mass is 277 g/mol. The Kier molecular flexibility index (Phi) is 4.65. The molecule has 20 heavy (non-hydrogen) atoms. The molecular weight excluding hydrogens is 254 g/mol. The van der Waals surface area contributed by atoms with Crippen LogP contribution >= 0.6 is 0 Å². The molecule has 1 aromatic rings. The Balaban J connectivity index is 1.86. The van der Waals surface area contributed by atoms with E-state index < -0.39 is 5.60 Å². The van der Waals surface area contributed by atoms with Gasteiger partial charge >= 0.3 is 0 Å². The lowest BCUT2D eigenvalue weighted by Crippen LogP contribution is -2.44. The van der Waals surface area contributed by atoms with Crippen molar-refractivity contribution in [1.82, 2.24) is 5.32 Å². The molecule has 1 aromatic carbocycles. The molecular formula is C16H23NO3. The summed E-state index contributed by atoms with van der Waals surface area (Å²) in [5, 5.41) is 13.0. The van der Waals surface area contributed by atoms with Crippen molar-refractivity contribution < 1.29 is 14.6 Å². The number of aliphatic hydroxyl groups is 1. The SMILES string of the molecule is CC(C)Oc1ccc(CNC(=O)C2(O)CCCC2)cc1. The van der Waals surface area contributed by atoms with Crippen LogP contribution in [0.5, 0.6) is 5.75 Å². The number of hydrogen-bond donors (Lipinski definition) is 2. The molecule has 1 aliphatic rings. The summed E-state index contributed by atoms with van der Waals surface area (Å²) in [7, 11) is 0. The van der Waals surface area contributed by atoms with Gasteiger partial charge in [-0.05, 0) is 57.2 Å². The van der Waals surface area contributed by atoms with Gasteiger partial charge in [0.15, 0.2) is 0 Å². The number of carbonyl (C=O) groups is 1. The zero-order valence-corrected chi connectivity index (χ0v) is 12.2. The molecule has 0 radical (unpaired) electrons. The summed E-state index contributed by atoms with van der Waals surface area (Å²) in [6.07, 6.45) is 3.13. The molecule has 0 spiro atoms. The van der Waals surface area contributed by atoms with E-state index in [0.29, 0.717) is 19.4 Å². The van der Waals surface area contributed by atoms with Crippen molar-refractivity contribution >= 4 is 5.91 Å². The van der Waals surface area contributed by atoms with Crippen LogP contribution in [0.3, 0.4) is 0 Å². The maximum absolute atomic E-state index is 12.0. The maximum atomic E-state index is 12.0. The van der Waals surface area contributed by atoms with Crippen molar-refractivity contribution in [2.24, 2.45) is 0 Å². The van der Waals surface area contributed by atoms with Crippen molar-refractivity contribution in [2.45, 2.75) is 57.8 Å². The Morgan fingerprint density at radius 2 is 1.90 bits per heavy atom. The van der Waals surface area contributed by atoms with Gasteiger partial charge in [-0.1, -0.05) is 12.1 Å². The third-order valence-electron chi connectivity index (χ3n) is 3.60. The van der Waals surface area contributed by atoms with E-state index in [4.69, 9.17) is 4.74 Å². The van der Waals surface area contributed by atoms with Gasteiger partial charge in [0.25, 0.3) is 5.91 Å². The van der Waals surface area contributed by atoms with Crippen molar-refractivity contribution in [1.29, 1.82) is 0 Å². The standard InChI is InChI=1S/C16H23NO3/c1-12(2)20-14-7-5-13(6-8-14)11-17-15(18)16(19)9-3-4-10-16/h5-8,12,19H,3-4,9-11H2,1-2H3,(H,17,18). The number of amides is 1. The molecule has 1 aliphatic carbocycles. The quantitative estimate of drug-likeness (QED) is 0.869. The van der Waals surface area contributed by atoms with Gasteiger partial charge in [0, 0.05) is 6.54 Å². The van der Waals surface area contributed by atoms with Gasteiger partial charge in [0.1, 0.15) is 11.4 Å². The second-order valence-electron chi connectivity index (χ2n) is 5.73. The van der Waals surface area contributed by atoms with Gasteiger partial charge in [-0.2, -0.15) is 0 Å². The molecule has 0 atom stereocenters. The van der Waals surface area contributed by atoms with Crippen molar-refractivity contribution in [2.75, 3.05) is 0 Å². The summed E-state index contributed by atoms with van der Waals surface area (Å²) in [6.45, 7) is 4.40. The summed E-state index contributed by atoms with van der Waals surface area (Å²) >= 11 is 0. The molecule has 4 heteroatoms. The smallest absolute Gasteiger partial charge is 0.252 e. The Labute approximate surface area is 120 Å². The fraction of sp³-hybridized carbons (Fsp3) is 0.562. The maximum Gasteiger partial charge on any atom is 0.252 e. The largest absolute Gasteiger partial charge is 0.491 e. The van der Waals surface area contributed by atoms with E-state index in [9.17, 15) is 9.90 Å². The lowest BCUT2D eigenvalue weighted by molar-refractivity contribution is -0.139. The molecule has 4 nitrogen and oxygen atoms in total. The highest BCUT2D eigenvalue weighted by molar-refractivity contribution is 5.85. The van der Waals surface area contributed by atoms with E-state index in [2.05, 4.69) is 5.32 Å². The normalized spacial score (nSPS) is 17.2. The molecule has 2 N–H and O–H groups in total. The molecule has 0 aromatic heterocycles. The molecule has 1 amide bonds. The lowest BCUT2D eigenvalue weighted by atomic mass is 10.0. The zero-order chi connectivity index (χ0) is 14.6. The van der Waals surface area contributed by atoms with Crippen LogP contribution in [0.4, 0.5) is 0 Å². The van der Waals surface area contributed by atoms with Gasteiger partial charge in [-0.3, -0.25) is 4.79 Å². The minimum atomic E-state index is -1.15. The molecule has 0 aliphatic heterocycles. The summed E-state index contributed by atoms with van der Waals surface area (Å²) < 4.78 is 5.56. The Bertz CT molecular complexity index is 447. The lowest BCUT2D eigenvalue weighted by Gasteiger charge is -2.21. The van der Waals surface area contributed by atoms with Crippen LogP contribution < -0.4 is 10.1 Å². The van der Waals surface area contributed by atoms with Gasteiger partial charge in [-0.15, -0.1) is 0 Å². The fourth-order valence-electron chi connectivity index (χ4n) is 2.49. The number of ether oxygens (including phenoxy) is 1. The average molecular weight is 277 g/mol. The Morgan fingerprint density at radius 3 is 2.45 bits per heavy atom. The number of benzene rings is 1. The Hall–Kier alpha value is -1.55. The van der Waals surface area contributed by atoms with E-state index in [1.165, 1.54) is 0 Å². The van der Waals surface area contributed by atoms with E-state index in [-0.39, 0.29) is 12.0 Å². The van der Waals surface area contributed by atoms with Crippen LogP contribution in [0.25, 0.3) is 0 Å². The van der Waals surface area contributed by atoms with Gasteiger partial charge < -0.3 is 15.2 Å². The van der Waals surface area contributed by atoms with E-state index in [1.54, 1.807) is 0 Å². The minimum Gasteiger partial charge on any atom is -0.491 e. The van der Waals surface area contributed by atoms with Crippen LogP contribution in [-0.2, 0) is 11.3 Å². The number of nitrogens with one attached hydrogen (secondary N) is 1. The first-order valence-electron chi connectivity index (χ1n) is 7.26. The number of hydrogen-bond acceptors (Lipinski definition) is 3. The number of rotatable bonds is 5. The summed E-state index contributed by atoms with van der Waals surface area (Å²) in [5.41, 5.74) is -0.156. The number of carbonyl (C=O) groups excluding carboxylic acids is 1.